The SMILES string of the molecule is COc1cccc(-c2ncc(C(=O)NCCCN)s2)c1. The maximum atomic E-state index is 11.9. The minimum Gasteiger partial charge on any atom is -0.497 e. The van der Waals surface area contributed by atoms with Gasteiger partial charge in [0.25, 0.3) is 5.91 Å². The lowest BCUT2D eigenvalue weighted by Crippen LogP contribution is -2.25. The molecular weight excluding hydrogens is 274 g/mol. The number of nitrogens with one attached hydrogen (secondary N) is 1. The summed E-state index contributed by atoms with van der Waals surface area (Å²) in [5.41, 5.74) is 6.33. The smallest absolute Gasteiger partial charge is 0.263 e. The van der Waals surface area contributed by atoms with Gasteiger partial charge >= 0.3 is 0 Å². The second-order valence-corrected chi connectivity index (χ2v) is 5.19. The van der Waals surface area contributed by atoms with Crippen LogP contribution in [0.4, 0.5) is 0 Å². The largest absolute Gasteiger partial charge is 0.497 e. The molecule has 106 valence electrons. The van der Waals surface area contributed by atoms with Crippen LogP contribution in [0.2, 0.25) is 0 Å². The molecule has 3 N–H and O–H groups in total. The van der Waals surface area contributed by atoms with Gasteiger partial charge in [-0.25, -0.2) is 4.98 Å². The third-order valence-corrected chi connectivity index (χ3v) is 3.76. The van der Waals surface area contributed by atoms with Crippen LogP contribution < -0.4 is 15.8 Å². The van der Waals surface area contributed by atoms with Gasteiger partial charge in [0.05, 0.1) is 13.3 Å². The fraction of sp³-hybridized carbons (Fsp3) is 0.286. The minimum absolute atomic E-state index is 0.106. The predicted molar refractivity (Wildman–Crippen MR) is 80.1 cm³/mol. The Morgan fingerprint density at radius 2 is 2.35 bits per heavy atom. The van der Waals surface area contributed by atoms with Gasteiger partial charge in [0, 0.05) is 12.1 Å². The summed E-state index contributed by atoms with van der Waals surface area (Å²) < 4.78 is 5.18. The standard InChI is InChI=1S/C14H17N3O2S/c1-19-11-5-2-4-10(8-11)14-17-9-12(20-14)13(18)16-7-3-6-15/h2,4-5,8-9H,3,6-7,15H2,1H3,(H,16,18). The lowest BCUT2D eigenvalue weighted by molar-refractivity contribution is 0.0957. The quantitative estimate of drug-likeness (QED) is 0.797. The highest BCUT2D eigenvalue weighted by atomic mass is 32.1. The molecule has 2 rings (SSSR count). The van der Waals surface area contributed by atoms with Crippen molar-refractivity contribution >= 4 is 17.2 Å². The molecule has 0 fully saturated rings. The van der Waals surface area contributed by atoms with Gasteiger partial charge in [-0.05, 0) is 25.1 Å². The molecule has 0 unspecified atom stereocenters. The second-order valence-electron chi connectivity index (χ2n) is 4.16. The van der Waals surface area contributed by atoms with Gasteiger partial charge in [-0.15, -0.1) is 11.3 Å². The van der Waals surface area contributed by atoms with E-state index in [2.05, 4.69) is 10.3 Å². The van der Waals surface area contributed by atoms with Gasteiger partial charge in [0.2, 0.25) is 0 Å². The Morgan fingerprint density at radius 3 is 3.10 bits per heavy atom. The van der Waals surface area contributed by atoms with E-state index in [1.54, 1.807) is 13.3 Å². The summed E-state index contributed by atoms with van der Waals surface area (Å²) in [5, 5.41) is 3.61. The molecule has 1 aromatic heterocycles. The molecule has 0 aliphatic carbocycles. The second kappa shape index (κ2) is 7.02. The van der Waals surface area contributed by atoms with Gasteiger partial charge in [-0.2, -0.15) is 0 Å². The van der Waals surface area contributed by atoms with Crippen LogP contribution >= 0.6 is 11.3 Å². The third kappa shape index (κ3) is 3.55. The molecule has 0 radical (unpaired) electrons. The molecule has 0 aliphatic heterocycles. The summed E-state index contributed by atoms with van der Waals surface area (Å²) in [6.45, 7) is 1.15. The summed E-state index contributed by atoms with van der Waals surface area (Å²) >= 11 is 1.36. The molecule has 0 atom stereocenters. The molecule has 6 heteroatoms. The molecule has 1 heterocycles. The Labute approximate surface area is 121 Å². The molecule has 0 aliphatic rings. The van der Waals surface area contributed by atoms with Crippen molar-refractivity contribution < 1.29 is 9.53 Å². The van der Waals surface area contributed by atoms with E-state index in [9.17, 15) is 4.79 Å². The molecule has 20 heavy (non-hydrogen) atoms. The van der Waals surface area contributed by atoms with Crippen molar-refractivity contribution in [2.75, 3.05) is 20.2 Å². The van der Waals surface area contributed by atoms with Crippen LogP contribution in [0, 0.1) is 0 Å². The highest BCUT2D eigenvalue weighted by Gasteiger charge is 2.11. The van der Waals surface area contributed by atoms with Crippen LogP contribution in [0.5, 0.6) is 5.75 Å². The summed E-state index contributed by atoms with van der Waals surface area (Å²) in [6.07, 6.45) is 2.37. The van der Waals surface area contributed by atoms with Gasteiger partial charge in [0.15, 0.2) is 0 Å². The van der Waals surface area contributed by atoms with E-state index in [0.29, 0.717) is 18.0 Å². The number of aromatic nitrogens is 1. The number of carbonyl (C=O) groups is 1. The predicted octanol–water partition coefficient (Wildman–Crippen LogP) is 1.90. The number of hydrogen-bond donors (Lipinski definition) is 2. The van der Waals surface area contributed by atoms with Crippen LogP contribution in [0.1, 0.15) is 16.1 Å². The highest BCUT2D eigenvalue weighted by Crippen LogP contribution is 2.27. The first-order valence-electron chi connectivity index (χ1n) is 6.33. The Hall–Kier alpha value is -1.92. The molecular formula is C14H17N3O2S. The van der Waals surface area contributed by atoms with Crippen LogP contribution in [-0.4, -0.2) is 31.1 Å². The fourth-order valence-corrected chi connectivity index (χ4v) is 2.49. The number of rotatable bonds is 6. The minimum atomic E-state index is -0.106. The van der Waals surface area contributed by atoms with E-state index in [0.717, 1.165) is 22.7 Å². The lowest BCUT2D eigenvalue weighted by atomic mass is 10.2. The van der Waals surface area contributed by atoms with Gasteiger partial charge in [0.1, 0.15) is 15.6 Å². The number of amides is 1. The Bertz CT molecular complexity index is 583. The molecule has 1 aromatic carbocycles. The van der Waals surface area contributed by atoms with Gasteiger partial charge in [-0.3, -0.25) is 4.79 Å². The topological polar surface area (TPSA) is 77.2 Å². The van der Waals surface area contributed by atoms with E-state index < -0.39 is 0 Å². The van der Waals surface area contributed by atoms with Crippen LogP contribution in [-0.2, 0) is 0 Å². The zero-order chi connectivity index (χ0) is 14.4. The molecule has 0 saturated carbocycles. The van der Waals surface area contributed by atoms with Crippen molar-refractivity contribution in [3.63, 3.8) is 0 Å². The van der Waals surface area contributed by atoms with E-state index >= 15 is 0 Å². The van der Waals surface area contributed by atoms with Gasteiger partial charge < -0.3 is 15.8 Å². The summed E-state index contributed by atoms with van der Waals surface area (Å²) in [4.78, 5) is 16.8. The number of thiazole rings is 1. The van der Waals surface area contributed by atoms with Crippen molar-refractivity contribution in [1.82, 2.24) is 10.3 Å². The summed E-state index contributed by atoms with van der Waals surface area (Å²) in [6, 6.07) is 7.61. The number of nitrogens with two attached hydrogens (primary N) is 1. The first-order valence-corrected chi connectivity index (χ1v) is 7.14. The van der Waals surface area contributed by atoms with E-state index in [1.807, 2.05) is 24.3 Å². The fourth-order valence-electron chi connectivity index (χ4n) is 1.66. The van der Waals surface area contributed by atoms with Crippen LogP contribution in [0.3, 0.4) is 0 Å². The molecule has 2 aromatic rings. The van der Waals surface area contributed by atoms with Crippen molar-refractivity contribution in [3.8, 4) is 16.3 Å². The number of methoxy groups -OCH3 is 1. The average Bonchev–Trinajstić information content (AvgIpc) is 2.97. The van der Waals surface area contributed by atoms with Crippen molar-refractivity contribution in [2.45, 2.75) is 6.42 Å². The Balaban J connectivity index is 2.09. The number of carbonyl (C=O) groups excluding carboxylic acids is 1. The number of ether oxygens (including phenoxy) is 1. The van der Waals surface area contributed by atoms with Crippen LogP contribution in [0.15, 0.2) is 30.5 Å². The lowest BCUT2D eigenvalue weighted by Gasteiger charge is -2.01. The monoisotopic (exact) mass is 291 g/mol. The van der Waals surface area contributed by atoms with E-state index in [4.69, 9.17) is 10.5 Å². The van der Waals surface area contributed by atoms with Crippen LogP contribution in [0.25, 0.3) is 10.6 Å². The zero-order valence-electron chi connectivity index (χ0n) is 11.3. The summed E-state index contributed by atoms with van der Waals surface area (Å²) in [5.74, 6) is 0.664. The highest BCUT2D eigenvalue weighted by molar-refractivity contribution is 7.16. The Kier molecular flexibility index (Phi) is 5.09. The first kappa shape index (κ1) is 14.5. The van der Waals surface area contributed by atoms with E-state index in [1.165, 1.54) is 11.3 Å². The first-order chi connectivity index (χ1) is 9.74. The van der Waals surface area contributed by atoms with Crippen molar-refractivity contribution in [2.24, 2.45) is 5.73 Å². The normalized spacial score (nSPS) is 10.3. The molecule has 0 spiro atoms. The summed E-state index contributed by atoms with van der Waals surface area (Å²) in [7, 11) is 1.62. The molecule has 0 bridgehead atoms. The molecule has 1 amide bonds. The molecule has 5 nitrogen and oxygen atoms in total. The van der Waals surface area contributed by atoms with Crippen molar-refractivity contribution in [1.29, 1.82) is 0 Å². The van der Waals surface area contributed by atoms with E-state index in [-0.39, 0.29) is 5.91 Å². The maximum Gasteiger partial charge on any atom is 0.263 e. The number of benzene rings is 1. The number of nitrogens with zero attached hydrogens (tertiary/aromatic N) is 1. The van der Waals surface area contributed by atoms with Gasteiger partial charge in [-0.1, -0.05) is 12.1 Å². The third-order valence-electron chi connectivity index (χ3n) is 2.71. The molecule has 0 saturated heterocycles. The Morgan fingerprint density at radius 1 is 1.50 bits per heavy atom. The number of hydrogen-bond acceptors (Lipinski definition) is 5. The zero-order valence-corrected chi connectivity index (χ0v) is 12.1. The average molecular weight is 291 g/mol. The maximum absolute atomic E-state index is 11.9. The van der Waals surface area contributed by atoms with Crippen molar-refractivity contribution in [3.05, 3.63) is 35.3 Å².